The molecule has 0 aliphatic heterocycles. The quantitative estimate of drug-likeness (QED) is 0.372. The van der Waals surface area contributed by atoms with Gasteiger partial charge in [0, 0.05) is 0 Å². The molecule has 0 aliphatic rings. The lowest BCUT2D eigenvalue weighted by Crippen LogP contribution is -1.89. The number of nitrogens with zero attached hydrogens (tertiary/aromatic N) is 2. The van der Waals surface area contributed by atoms with Gasteiger partial charge in [0.1, 0.15) is 0 Å². The van der Waals surface area contributed by atoms with Crippen molar-refractivity contribution in [3.63, 3.8) is 0 Å². The van der Waals surface area contributed by atoms with E-state index in [4.69, 9.17) is 11.7 Å². The second kappa shape index (κ2) is 4.12. The van der Waals surface area contributed by atoms with Gasteiger partial charge < -0.3 is 11.7 Å². The van der Waals surface area contributed by atoms with E-state index in [2.05, 4.69) is 10.2 Å². The summed E-state index contributed by atoms with van der Waals surface area (Å²) in [5.74, 6) is 9.96. The summed E-state index contributed by atoms with van der Waals surface area (Å²) in [4.78, 5) is 0. The number of rotatable bonds is 2. The van der Waals surface area contributed by atoms with Gasteiger partial charge in [-0.3, -0.25) is 0 Å². The van der Waals surface area contributed by atoms with Crippen LogP contribution in [-0.2, 0) is 0 Å². The Morgan fingerprint density at radius 1 is 0.833 bits per heavy atom. The van der Waals surface area contributed by atoms with Crippen molar-refractivity contribution < 1.29 is 0 Å². The molecule has 0 saturated carbocycles. The van der Waals surface area contributed by atoms with Gasteiger partial charge in [-0.15, -0.1) is 0 Å². The maximum absolute atomic E-state index is 4.98. The lowest BCUT2D eigenvalue weighted by atomic mass is 10.2. The summed E-state index contributed by atoms with van der Waals surface area (Å²) >= 11 is 0. The third kappa shape index (κ3) is 2.09. The van der Waals surface area contributed by atoms with E-state index in [0.29, 0.717) is 0 Å². The van der Waals surface area contributed by atoms with Crippen molar-refractivity contribution in [3.8, 4) is 0 Å². The van der Waals surface area contributed by atoms with Crippen molar-refractivity contribution in [2.24, 2.45) is 21.9 Å². The Labute approximate surface area is 70.6 Å². The molecule has 0 fully saturated rings. The van der Waals surface area contributed by atoms with Gasteiger partial charge in [0.05, 0.1) is 12.4 Å². The molecule has 0 bridgehead atoms. The van der Waals surface area contributed by atoms with E-state index in [1.165, 1.54) is 0 Å². The molecule has 0 aliphatic carbocycles. The molecular formula is C8H10N4. The Bertz CT molecular complexity index is 255. The number of hydrogen-bond acceptors (Lipinski definition) is 4. The van der Waals surface area contributed by atoms with Crippen molar-refractivity contribution in [1.29, 1.82) is 0 Å². The van der Waals surface area contributed by atoms with Crippen molar-refractivity contribution in [1.82, 2.24) is 0 Å². The minimum atomic E-state index is 0.951. The van der Waals surface area contributed by atoms with Crippen LogP contribution < -0.4 is 11.7 Å². The molecular weight excluding hydrogens is 152 g/mol. The smallest absolute Gasteiger partial charge is 0.0538 e. The van der Waals surface area contributed by atoms with Crippen LogP contribution in [0.1, 0.15) is 11.1 Å². The summed E-state index contributed by atoms with van der Waals surface area (Å²) < 4.78 is 0. The van der Waals surface area contributed by atoms with Crippen molar-refractivity contribution in [2.75, 3.05) is 0 Å². The Morgan fingerprint density at radius 2 is 1.17 bits per heavy atom. The first-order chi connectivity index (χ1) is 5.86. The van der Waals surface area contributed by atoms with E-state index >= 15 is 0 Å². The average Bonchev–Trinajstić information content (AvgIpc) is 2.09. The van der Waals surface area contributed by atoms with Crippen LogP contribution in [0, 0.1) is 0 Å². The van der Waals surface area contributed by atoms with Gasteiger partial charge in [-0.25, -0.2) is 0 Å². The second-order valence-electron chi connectivity index (χ2n) is 2.22. The molecule has 4 nitrogen and oxygen atoms in total. The van der Waals surface area contributed by atoms with Crippen LogP contribution in [0.4, 0.5) is 0 Å². The lowest BCUT2D eigenvalue weighted by molar-refractivity contribution is 1.26. The average molecular weight is 162 g/mol. The van der Waals surface area contributed by atoms with E-state index in [1.807, 2.05) is 24.3 Å². The van der Waals surface area contributed by atoms with E-state index in [0.717, 1.165) is 11.1 Å². The van der Waals surface area contributed by atoms with Crippen molar-refractivity contribution in [3.05, 3.63) is 35.4 Å². The van der Waals surface area contributed by atoms with Gasteiger partial charge in [0.15, 0.2) is 0 Å². The summed E-state index contributed by atoms with van der Waals surface area (Å²) in [7, 11) is 0. The Balaban J connectivity index is 2.85. The van der Waals surface area contributed by atoms with Crippen LogP contribution in [0.2, 0.25) is 0 Å². The van der Waals surface area contributed by atoms with Gasteiger partial charge in [-0.2, -0.15) is 10.2 Å². The third-order valence-corrected chi connectivity index (χ3v) is 1.38. The van der Waals surface area contributed by atoms with Crippen LogP contribution in [0.5, 0.6) is 0 Å². The monoisotopic (exact) mass is 162 g/mol. The van der Waals surface area contributed by atoms with Crippen LogP contribution in [-0.4, -0.2) is 12.4 Å². The standard InChI is InChI=1S/C8H10N4/c9-11-5-7-1-2-8(4-3-7)6-12-10/h1-6H,9-10H2/b11-5+,12-6+. The topological polar surface area (TPSA) is 76.8 Å². The highest BCUT2D eigenvalue weighted by Crippen LogP contribution is 1.99. The SMILES string of the molecule is N/N=C/c1ccc(/C=N/N)cc1. The summed E-state index contributed by atoms with van der Waals surface area (Å²) in [5.41, 5.74) is 1.90. The molecule has 0 atom stereocenters. The molecule has 0 heterocycles. The van der Waals surface area contributed by atoms with Crippen molar-refractivity contribution in [2.45, 2.75) is 0 Å². The molecule has 4 N–H and O–H groups in total. The number of nitrogens with two attached hydrogens (primary N) is 2. The Kier molecular flexibility index (Phi) is 2.84. The van der Waals surface area contributed by atoms with Crippen LogP contribution in [0.3, 0.4) is 0 Å². The molecule has 0 unspecified atom stereocenters. The molecule has 12 heavy (non-hydrogen) atoms. The van der Waals surface area contributed by atoms with Crippen molar-refractivity contribution >= 4 is 12.4 Å². The highest BCUT2D eigenvalue weighted by Gasteiger charge is 1.87. The van der Waals surface area contributed by atoms with Gasteiger partial charge in [-0.05, 0) is 11.1 Å². The summed E-state index contributed by atoms with van der Waals surface area (Å²) in [6, 6.07) is 7.53. The van der Waals surface area contributed by atoms with Gasteiger partial charge in [-0.1, -0.05) is 24.3 Å². The third-order valence-electron chi connectivity index (χ3n) is 1.38. The molecule has 0 radical (unpaired) electrons. The Morgan fingerprint density at radius 3 is 1.42 bits per heavy atom. The minimum Gasteiger partial charge on any atom is -0.323 e. The van der Waals surface area contributed by atoms with E-state index in [1.54, 1.807) is 12.4 Å². The maximum Gasteiger partial charge on any atom is 0.0538 e. The fourth-order valence-electron chi connectivity index (χ4n) is 0.840. The molecule has 0 aromatic heterocycles. The fourth-order valence-corrected chi connectivity index (χ4v) is 0.840. The van der Waals surface area contributed by atoms with Gasteiger partial charge >= 0.3 is 0 Å². The zero-order valence-corrected chi connectivity index (χ0v) is 6.51. The summed E-state index contributed by atoms with van der Waals surface area (Å²) in [5, 5.41) is 6.80. The van der Waals surface area contributed by atoms with E-state index < -0.39 is 0 Å². The lowest BCUT2D eigenvalue weighted by Gasteiger charge is -1.92. The first kappa shape index (κ1) is 8.26. The summed E-state index contributed by atoms with van der Waals surface area (Å²) in [6.45, 7) is 0. The van der Waals surface area contributed by atoms with Crippen LogP contribution >= 0.6 is 0 Å². The van der Waals surface area contributed by atoms with Gasteiger partial charge in [0.25, 0.3) is 0 Å². The molecule has 4 heteroatoms. The molecule has 0 spiro atoms. The van der Waals surface area contributed by atoms with Gasteiger partial charge in [0.2, 0.25) is 0 Å². The molecule has 62 valence electrons. The maximum atomic E-state index is 4.98. The zero-order valence-electron chi connectivity index (χ0n) is 6.51. The largest absolute Gasteiger partial charge is 0.323 e. The molecule has 1 rings (SSSR count). The van der Waals surface area contributed by atoms with E-state index in [-0.39, 0.29) is 0 Å². The first-order valence-electron chi connectivity index (χ1n) is 3.43. The number of hydrazone groups is 2. The molecule has 0 saturated heterocycles. The fraction of sp³-hybridized carbons (Fsp3) is 0. The first-order valence-corrected chi connectivity index (χ1v) is 3.43. The number of benzene rings is 1. The van der Waals surface area contributed by atoms with Crippen LogP contribution in [0.15, 0.2) is 34.5 Å². The second-order valence-corrected chi connectivity index (χ2v) is 2.22. The normalized spacial score (nSPS) is 11.3. The number of hydrogen-bond donors (Lipinski definition) is 2. The molecule has 1 aromatic rings. The van der Waals surface area contributed by atoms with E-state index in [9.17, 15) is 0 Å². The highest BCUT2D eigenvalue weighted by atomic mass is 15.1. The molecule has 1 aromatic carbocycles. The zero-order chi connectivity index (χ0) is 8.81. The predicted molar refractivity (Wildman–Crippen MR) is 50.0 cm³/mol. The predicted octanol–water partition coefficient (Wildman–Crippen LogP) is 0.272. The minimum absolute atomic E-state index is 0.951. The molecule has 0 amide bonds. The highest BCUT2D eigenvalue weighted by molar-refractivity contribution is 5.83. The summed E-state index contributed by atoms with van der Waals surface area (Å²) in [6.07, 6.45) is 3.15. The van der Waals surface area contributed by atoms with Crippen LogP contribution in [0.25, 0.3) is 0 Å². The Hall–Kier alpha value is -1.84.